The molecule has 0 fully saturated rings. The Labute approximate surface area is 383 Å². The van der Waals surface area contributed by atoms with Crippen molar-refractivity contribution < 1.29 is 7.48 Å². The molecule has 3 heterocycles. The van der Waals surface area contributed by atoms with Crippen LogP contribution in [-0.4, -0.2) is 16.2 Å². The zero-order valence-corrected chi connectivity index (χ0v) is 39.3. The van der Waals surface area contributed by atoms with Gasteiger partial charge in [0, 0.05) is 58.2 Å². The van der Waals surface area contributed by atoms with Crippen molar-refractivity contribution in [1.29, 1.82) is 0 Å². The van der Waals surface area contributed by atoms with Crippen LogP contribution in [0, 0.1) is 0 Å². The standard InChI is InChI=1S/C59H62N4O/c1-56(2,3)43-26-27-60-55(36-43)63-53-25-22-41(40-18-14-12-15-19-40)30-52(53)51-24-23-49(38-54(51)63)64-50-35-46(59(10,11)42-20-16-13-17-21-42)34-48(37-50)62-29-28-61(39-62)47-32-44(57(4,5)6)31-45(33-47)58(7,8)9/h12-38H,39H2,1-11H3/i28D,29D. The molecule has 1 aliphatic heterocycles. The van der Waals surface area contributed by atoms with E-state index in [2.05, 4.69) is 214 Å². The Morgan fingerprint density at radius 3 is 1.72 bits per heavy atom. The van der Waals surface area contributed by atoms with E-state index in [9.17, 15) is 2.74 Å². The molecule has 0 bridgehead atoms. The Balaban J connectivity index is 1.17. The highest BCUT2D eigenvalue weighted by Gasteiger charge is 2.28. The minimum atomic E-state index is -0.413. The van der Waals surface area contributed by atoms with Crippen LogP contribution in [0.1, 0.15) is 107 Å². The fourth-order valence-corrected chi connectivity index (χ4v) is 8.70. The number of rotatable bonds is 8. The monoisotopic (exact) mass is 845 g/mol. The van der Waals surface area contributed by atoms with Crippen LogP contribution in [0.4, 0.5) is 11.4 Å². The normalized spacial score (nSPS) is 14.4. The van der Waals surface area contributed by atoms with Crippen LogP contribution in [0.25, 0.3) is 38.8 Å². The van der Waals surface area contributed by atoms with Crippen molar-refractivity contribution in [2.75, 3.05) is 16.5 Å². The average molecular weight is 845 g/mol. The van der Waals surface area contributed by atoms with E-state index in [0.717, 1.165) is 50.1 Å². The van der Waals surface area contributed by atoms with Gasteiger partial charge >= 0.3 is 0 Å². The number of pyridine rings is 1. The molecule has 9 rings (SSSR count). The predicted molar refractivity (Wildman–Crippen MR) is 271 cm³/mol. The van der Waals surface area contributed by atoms with Crippen LogP contribution in [0.5, 0.6) is 11.5 Å². The number of ether oxygens (including phenoxy) is 1. The number of hydrogen-bond donors (Lipinski definition) is 0. The third kappa shape index (κ3) is 8.32. The second-order valence-electron chi connectivity index (χ2n) is 21.1. The predicted octanol–water partition coefficient (Wildman–Crippen LogP) is 15.6. The molecule has 0 N–H and O–H groups in total. The van der Waals surface area contributed by atoms with E-state index >= 15 is 0 Å². The lowest BCUT2D eigenvalue weighted by molar-refractivity contribution is 0.480. The van der Waals surface area contributed by atoms with Crippen molar-refractivity contribution in [2.45, 2.75) is 97.8 Å². The van der Waals surface area contributed by atoms with Gasteiger partial charge in [-0.15, -0.1) is 0 Å². The first kappa shape index (κ1) is 40.2. The summed E-state index contributed by atoms with van der Waals surface area (Å²) in [5.74, 6) is 2.18. The van der Waals surface area contributed by atoms with Gasteiger partial charge in [-0.2, -0.15) is 0 Å². The molecule has 5 nitrogen and oxygen atoms in total. The Bertz CT molecular complexity index is 3110. The molecule has 8 aromatic rings. The highest BCUT2D eigenvalue weighted by molar-refractivity contribution is 6.10. The van der Waals surface area contributed by atoms with E-state index in [1.807, 2.05) is 28.1 Å². The molecule has 0 saturated heterocycles. The summed E-state index contributed by atoms with van der Waals surface area (Å²) in [4.78, 5) is 8.85. The first-order valence-electron chi connectivity index (χ1n) is 23.5. The maximum absolute atomic E-state index is 9.45. The molecule has 0 radical (unpaired) electrons. The van der Waals surface area contributed by atoms with Crippen LogP contribution in [0.3, 0.4) is 0 Å². The SMILES string of the molecule is [2H]C1=C([2H])N(c2cc(Oc3ccc4c5cc(-c6ccccc6)ccc5n(-c5cc(C(C)(C)C)ccn5)c4c3)cc(C(C)(C)c3ccccc3)c2)CN1c1cc(C(C)(C)C)cc(C(C)(C)C)c1. The number of anilines is 2. The zero-order chi connectivity index (χ0) is 46.9. The number of aromatic nitrogens is 2. The highest BCUT2D eigenvalue weighted by Crippen LogP contribution is 2.42. The Hall–Kier alpha value is -6.59. The average Bonchev–Trinajstić information content (AvgIpc) is 3.77. The second kappa shape index (κ2) is 15.9. The van der Waals surface area contributed by atoms with E-state index in [0.29, 0.717) is 18.2 Å². The molecule has 6 aromatic carbocycles. The number of fused-ring (bicyclic) bond motifs is 3. The van der Waals surface area contributed by atoms with Gasteiger partial charge in [-0.05, 0) is 116 Å². The van der Waals surface area contributed by atoms with Crippen molar-refractivity contribution in [2.24, 2.45) is 0 Å². The molecule has 324 valence electrons. The molecule has 0 spiro atoms. The number of benzene rings is 6. The van der Waals surface area contributed by atoms with Gasteiger partial charge in [-0.1, -0.05) is 149 Å². The largest absolute Gasteiger partial charge is 0.457 e. The number of hydrogen-bond acceptors (Lipinski definition) is 4. The summed E-state index contributed by atoms with van der Waals surface area (Å²) in [6.07, 6.45) is 2.21. The second-order valence-corrected chi connectivity index (χ2v) is 21.1. The van der Waals surface area contributed by atoms with Gasteiger partial charge in [0.15, 0.2) is 0 Å². The molecule has 1 aliphatic rings. The maximum atomic E-state index is 9.45. The summed E-state index contributed by atoms with van der Waals surface area (Å²) in [5.41, 5.74) is 11.2. The van der Waals surface area contributed by atoms with Crippen LogP contribution >= 0.6 is 0 Å². The topological polar surface area (TPSA) is 33.5 Å². The van der Waals surface area contributed by atoms with E-state index in [4.69, 9.17) is 9.72 Å². The van der Waals surface area contributed by atoms with Gasteiger partial charge in [0.05, 0.1) is 20.4 Å². The maximum Gasteiger partial charge on any atom is 0.137 e. The summed E-state index contributed by atoms with van der Waals surface area (Å²) in [5, 5.41) is 2.24. The lowest BCUT2D eigenvalue weighted by atomic mass is 9.78. The summed E-state index contributed by atoms with van der Waals surface area (Å²) in [6.45, 7) is 24.8. The van der Waals surface area contributed by atoms with Gasteiger partial charge in [0.1, 0.15) is 17.3 Å². The lowest BCUT2D eigenvalue weighted by Crippen LogP contribution is -2.26. The molecule has 0 aliphatic carbocycles. The molecule has 5 heteroatoms. The first-order valence-corrected chi connectivity index (χ1v) is 22.5. The molecule has 2 aromatic heterocycles. The summed E-state index contributed by atoms with van der Waals surface area (Å²) < 4.78 is 28.1. The van der Waals surface area contributed by atoms with Gasteiger partial charge in [0.25, 0.3) is 0 Å². The Morgan fingerprint density at radius 1 is 0.469 bits per heavy atom. The van der Waals surface area contributed by atoms with E-state index in [-0.39, 0.29) is 28.6 Å². The van der Waals surface area contributed by atoms with Crippen molar-refractivity contribution >= 4 is 33.2 Å². The van der Waals surface area contributed by atoms with Crippen molar-refractivity contribution in [3.05, 3.63) is 192 Å². The van der Waals surface area contributed by atoms with Crippen molar-refractivity contribution in [3.63, 3.8) is 0 Å². The number of nitrogens with zero attached hydrogens (tertiary/aromatic N) is 4. The van der Waals surface area contributed by atoms with Crippen LogP contribution in [0.2, 0.25) is 0 Å². The quantitative estimate of drug-likeness (QED) is 0.153. The first-order chi connectivity index (χ1) is 31.2. The molecule has 0 unspecified atom stereocenters. The van der Waals surface area contributed by atoms with E-state index < -0.39 is 5.41 Å². The van der Waals surface area contributed by atoms with Crippen LogP contribution in [0.15, 0.2) is 164 Å². The minimum Gasteiger partial charge on any atom is -0.457 e. The Morgan fingerprint density at radius 2 is 1.08 bits per heavy atom. The van der Waals surface area contributed by atoms with Gasteiger partial charge in [-0.3, -0.25) is 4.57 Å². The van der Waals surface area contributed by atoms with Gasteiger partial charge in [-0.25, -0.2) is 4.98 Å². The molecular formula is C59H62N4O. The highest BCUT2D eigenvalue weighted by atomic mass is 16.5. The van der Waals surface area contributed by atoms with Crippen molar-refractivity contribution in [1.82, 2.24) is 9.55 Å². The van der Waals surface area contributed by atoms with E-state index in [1.54, 1.807) is 0 Å². The third-order valence-electron chi connectivity index (χ3n) is 12.9. The molecule has 0 amide bonds. The molecule has 64 heavy (non-hydrogen) atoms. The van der Waals surface area contributed by atoms with Gasteiger partial charge < -0.3 is 14.5 Å². The fourth-order valence-electron chi connectivity index (χ4n) is 8.70. The molecule has 0 saturated carbocycles. The third-order valence-corrected chi connectivity index (χ3v) is 12.9. The fraction of sp³-hybridized carbons (Fsp3) is 0.271. The molecule has 0 atom stereocenters. The summed E-state index contributed by atoms with van der Waals surface area (Å²) in [6, 6.07) is 51.4. The summed E-state index contributed by atoms with van der Waals surface area (Å²) >= 11 is 0. The summed E-state index contributed by atoms with van der Waals surface area (Å²) in [7, 11) is 0. The van der Waals surface area contributed by atoms with Crippen molar-refractivity contribution in [3.8, 4) is 28.4 Å². The van der Waals surface area contributed by atoms with Crippen LogP contribution in [-0.2, 0) is 21.7 Å². The van der Waals surface area contributed by atoms with E-state index in [1.165, 1.54) is 27.8 Å². The molecular weight excluding hydrogens is 781 g/mol. The zero-order valence-electron chi connectivity index (χ0n) is 41.3. The van der Waals surface area contributed by atoms with Crippen LogP contribution < -0.4 is 14.5 Å². The minimum absolute atomic E-state index is 0.0610. The Kier molecular flexibility index (Phi) is 9.98. The smallest absolute Gasteiger partial charge is 0.137 e. The lowest BCUT2D eigenvalue weighted by Gasteiger charge is -2.30. The van der Waals surface area contributed by atoms with Gasteiger partial charge in [0.2, 0.25) is 0 Å².